The lowest BCUT2D eigenvalue weighted by Crippen LogP contribution is -2.30. The van der Waals surface area contributed by atoms with E-state index in [1.807, 2.05) is 19.4 Å². The number of likely N-dealkylation sites (N-methyl/N-ethyl adjacent to an activating group) is 1. The van der Waals surface area contributed by atoms with Gasteiger partial charge in [-0.1, -0.05) is 11.8 Å². The molecular weight excluding hydrogens is 234 g/mol. The highest BCUT2D eigenvalue weighted by atomic mass is 32.2. The van der Waals surface area contributed by atoms with Gasteiger partial charge in [-0.25, -0.2) is 9.97 Å². The van der Waals surface area contributed by atoms with E-state index in [1.54, 1.807) is 11.8 Å². The van der Waals surface area contributed by atoms with Gasteiger partial charge < -0.3 is 15.5 Å². The first-order valence-corrected chi connectivity index (χ1v) is 6.79. The molecule has 0 fully saturated rings. The van der Waals surface area contributed by atoms with Crippen molar-refractivity contribution in [3.8, 4) is 0 Å². The molecule has 1 atom stereocenters. The highest BCUT2D eigenvalue weighted by Gasteiger charge is 2.07. The van der Waals surface area contributed by atoms with Crippen LogP contribution in [0.5, 0.6) is 0 Å². The first-order chi connectivity index (χ1) is 8.05. The molecule has 0 spiro atoms. The largest absolute Gasteiger partial charge is 0.373 e. The lowest BCUT2D eigenvalue weighted by Gasteiger charge is -2.19. The maximum Gasteiger partial charge on any atom is 0.191 e. The van der Waals surface area contributed by atoms with Gasteiger partial charge in [0.2, 0.25) is 0 Å². The quantitative estimate of drug-likeness (QED) is 0.595. The summed E-state index contributed by atoms with van der Waals surface area (Å²) in [5.74, 6) is 1.70. The average Bonchev–Trinajstić information content (AvgIpc) is 2.27. The predicted octanol–water partition coefficient (Wildman–Crippen LogP) is 1.60. The van der Waals surface area contributed by atoms with Crippen molar-refractivity contribution in [3.63, 3.8) is 0 Å². The van der Waals surface area contributed by atoms with Crippen LogP contribution in [0.2, 0.25) is 0 Å². The Bertz CT molecular complexity index is 333. The van der Waals surface area contributed by atoms with Crippen molar-refractivity contribution >= 4 is 23.4 Å². The molecular formula is C11H21N5S. The molecule has 0 aliphatic heterocycles. The third-order valence-corrected chi connectivity index (χ3v) is 2.73. The van der Waals surface area contributed by atoms with Crippen molar-refractivity contribution in [1.82, 2.24) is 14.9 Å². The van der Waals surface area contributed by atoms with Crippen LogP contribution in [0.1, 0.15) is 6.92 Å². The number of aromatic nitrogens is 2. The minimum atomic E-state index is 0.347. The summed E-state index contributed by atoms with van der Waals surface area (Å²) in [5.41, 5.74) is 0. The first kappa shape index (κ1) is 14.1. The SMILES string of the molecule is CNc1cc(NC(C)CN(C)C)nc(SC)n1. The lowest BCUT2D eigenvalue weighted by atomic mass is 10.3. The van der Waals surface area contributed by atoms with E-state index >= 15 is 0 Å². The number of hydrogen-bond acceptors (Lipinski definition) is 6. The number of anilines is 2. The van der Waals surface area contributed by atoms with Crippen LogP contribution < -0.4 is 10.6 Å². The minimum Gasteiger partial charge on any atom is -0.373 e. The van der Waals surface area contributed by atoms with Gasteiger partial charge in [0, 0.05) is 25.7 Å². The fourth-order valence-electron chi connectivity index (χ4n) is 1.56. The van der Waals surface area contributed by atoms with Crippen LogP contribution in [-0.4, -0.2) is 54.9 Å². The van der Waals surface area contributed by atoms with Gasteiger partial charge in [-0.2, -0.15) is 0 Å². The van der Waals surface area contributed by atoms with E-state index in [9.17, 15) is 0 Å². The van der Waals surface area contributed by atoms with E-state index in [2.05, 4.69) is 46.5 Å². The van der Waals surface area contributed by atoms with Crippen LogP contribution in [0.4, 0.5) is 11.6 Å². The van der Waals surface area contributed by atoms with Gasteiger partial charge in [-0.05, 0) is 27.3 Å². The van der Waals surface area contributed by atoms with Crippen molar-refractivity contribution in [1.29, 1.82) is 0 Å². The van der Waals surface area contributed by atoms with Gasteiger partial charge in [0.05, 0.1) is 0 Å². The van der Waals surface area contributed by atoms with Gasteiger partial charge in [-0.3, -0.25) is 0 Å². The van der Waals surface area contributed by atoms with Crippen molar-refractivity contribution < 1.29 is 0 Å². The van der Waals surface area contributed by atoms with Crippen LogP contribution in [0.25, 0.3) is 0 Å². The van der Waals surface area contributed by atoms with E-state index in [0.717, 1.165) is 23.3 Å². The molecule has 0 radical (unpaired) electrons. The zero-order valence-corrected chi connectivity index (χ0v) is 11.9. The maximum absolute atomic E-state index is 4.43. The molecule has 0 aliphatic rings. The Balaban J connectivity index is 2.75. The topological polar surface area (TPSA) is 53.1 Å². The molecule has 5 nitrogen and oxygen atoms in total. The third-order valence-electron chi connectivity index (χ3n) is 2.18. The Labute approximate surface area is 107 Å². The molecule has 1 heterocycles. The summed E-state index contributed by atoms with van der Waals surface area (Å²) in [6.45, 7) is 3.10. The Morgan fingerprint density at radius 2 is 2.00 bits per heavy atom. The van der Waals surface area contributed by atoms with Gasteiger partial charge in [0.1, 0.15) is 11.6 Å². The number of rotatable bonds is 6. The number of nitrogens with zero attached hydrogens (tertiary/aromatic N) is 3. The van der Waals surface area contributed by atoms with E-state index in [4.69, 9.17) is 0 Å². The molecule has 0 amide bonds. The number of thioether (sulfide) groups is 1. The highest BCUT2D eigenvalue weighted by Crippen LogP contribution is 2.17. The van der Waals surface area contributed by atoms with E-state index in [1.165, 1.54) is 0 Å². The molecule has 0 aromatic carbocycles. The molecule has 0 aliphatic carbocycles. The van der Waals surface area contributed by atoms with Gasteiger partial charge >= 0.3 is 0 Å². The molecule has 6 heteroatoms. The van der Waals surface area contributed by atoms with Crippen LogP contribution >= 0.6 is 11.8 Å². The molecule has 17 heavy (non-hydrogen) atoms. The molecule has 1 rings (SSSR count). The Morgan fingerprint density at radius 1 is 1.35 bits per heavy atom. The predicted molar refractivity (Wildman–Crippen MR) is 75.0 cm³/mol. The molecule has 0 saturated carbocycles. The van der Waals surface area contributed by atoms with Crippen LogP contribution in [-0.2, 0) is 0 Å². The first-order valence-electron chi connectivity index (χ1n) is 5.57. The summed E-state index contributed by atoms with van der Waals surface area (Å²) in [6.07, 6.45) is 1.97. The van der Waals surface area contributed by atoms with Crippen LogP contribution in [0, 0.1) is 0 Å². The average molecular weight is 255 g/mol. The monoisotopic (exact) mass is 255 g/mol. The van der Waals surface area contributed by atoms with E-state index in [0.29, 0.717) is 6.04 Å². The van der Waals surface area contributed by atoms with E-state index < -0.39 is 0 Å². The lowest BCUT2D eigenvalue weighted by molar-refractivity contribution is 0.392. The summed E-state index contributed by atoms with van der Waals surface area (Å²) in [4.78, 5) is 10.9. The molecule has 1 unspecified atom stereocenters. The summed E-state index contributed by atoms with van der Waals surface area (Å²) < 4.78 is 0. The Kier molecular flexibility index (Phi) is 5.50. The molecule has 1 aromatic rings. The van der Waals surface area contributed by atoms with Gasteiger partial charge in [-0.15, -0.1) is 0 Å². The second-order valence-electron chi connectivity index (χ2n) is 4.18. The summed E-state index contributed by atoms with van der Waals surface area (Å²) in [5, 5.41) is 7.19. The maximum atomic E-state index is 4.43. The fourth-order valence-corrected chi connectivity index (χ4v) is 1.94. The zero-order chi connectivity index (χ0) is 12.8. The van der Waals surface area contributed by atoms with Gasteiger partial charge in [0.25, 0.3) is 0 Å². The van der Waals surface area contributed by atoms with Crippen molar-refractivity contribution in [2.45, 2.75) is 18.1 Å². The molecule has 96 valence electrons. The molecule has 1 aromatic heterocycles. The van der Waals surface area contributed by atoms with Crippen LogP contribution in [0.15, 0.2) is 11.2 Å². The summed E-state index contributed by atoms with van der Waals surface area (Å²) in [6, 6.07) is 2.27. The minimum absolute atomic E-state index is 0.347. The zero-order valence-electron chi connectivity index (χ0n) is 11.1. The van der Waals surface area contributed by atoms with Crippen molar-refractivity contribution in [2.75, 3.05) is 44.6 Å². The fraction of sp³-hybridized carbons (Fsp3) is 0.636. The summed E-state index contributed by atoms with van der Waals surface area (Å²) in [7, 11) is 5.98. The smallest absolute Gasteiger partial charge is 0.191 e. The Morgan fingerprint density at radius 3 is 2.53 bits per heavy atom. The standard InChI is InChI=1S/C11H21N5S/c1-8(7-16(3)4)13-10-6-9(12-2)14-11(15-10)17-5/h6,8H,7H2,1-5H3,(H2,12,13,14,15). The highest BCUT2D eigenvalue weighted by molar-refractivity contribution is 7.98. The second kappa shape index (κ2) is 6.66. The summed E-state index contributed by atoms with van der Waals surface area (Å²) >= 11 is 1.54. The van der Waals surface area contributed by atoms with Crippen molar-refractivity contribution in [2.24, 2.45) is 0 Å². The van der Waals surface area contributed by atoms with Crippen molar-refractivity contribution in [3.05, 3.63) is 6.07 Å². The second-order valence-corrected chi connectivity index (χ2v) is 4.96. The molecule has 0 bridgehead atoms. The number of hydrogen-bond donors (Lipinski definition) is 2. The Hall–Kier alpha value is -1.01. The normalized spacial score (nSPS) is 12.6. The van der Waals surface area contributed by atoms with E-state index in [-0.39, 0.29) is 0 Å². The molecule has 2 N–H and O–H groups in total. The number of nitrogens with one attached hydrogen (secondary N) is 2. The van der Waals surface area contributed by atoms with Crippen LogP contribution in [0.3, 0.4) is 0 Å². The third kappa shape index (κ3) is 4.79. The van der Waals surface area contributed by atoms with Gasteiger partial charge in [0.15, 0.2) is 5.16 Å². The molecule has 0 saturated heterocycles.